The maximum Gasteiger partial charge on any atom is 0.233 e. The van der Waals surface area contributed by atoms with Crippen LogP contribution in [0, 0.1) is 11.8 Å². The van der Waals surface area contributed by atoms with Crippen molar-refractivity contribution in [3.63, 3.8) is 0 Å². The molecular weight excluding hydrogens is 268 g/mol. The fraction of sp³-hybridized carbons (Fsp3) is 0.938. The monoisotopic (exact) mass is 300 g/mol. The molecule has 0 aliphatic heterocycles. The summed E-state index contributed by atoms with van der Waals surface area (Å²) in [4.78, 5) is 11.5. The fourth-order valence-corrected chi connectivity index (χ4v) is 2.56. The summed E-state index contributed by atoms with van der Waals surface area (Å²) in [7, 11) is 0. The molecule has 1 rings (SSSR count). The lowest BCUT2D eigenvalue weighted by Crippen LogP contribution is -2.40. The molecule has 0 spiro atoms. The number of aliphatic hydroxyl groups excluding tert-OH is 1. The minimum absolute atomic E-state index is 0.0299. The molecule has 1 aliphatic carbocycles. The summed E-state index contributed by atoms with van der Waals surface area (Å²) in [6, 6.07) is 0. The summed E-state index contributed by atoms with van der Waals surface area (Å²) in [5, 5.41) is 15.7. The van der Waals surface area contributed by atoms with Crippen molar-refractivity contribution in [2.75, 3.05) is 26.2 Å². The Morgan fingerprint density at radius 1 is 1.29 bits per heavy atom. The number of hydrogen-bond acceptors (Lipinski definition) is 4. The van der Waals surface area contributed by atoms with E-state index in [0.717, 1.165) is 6.42 Å². The SMILES string of the molecule is CC(C)CNC(=O)CNCC(O)COC1CCCCC1C. The van der Waals surface area contributed by atoms with E-state index in [-0.39, 0.29) is 18.6 Å². The highest BCUT2D eigenvalue weighted by Crippen LogP contribution is 2.26. The molecule has 0 bridgehead atoms. The van der Waals surface area contributed by atoms with Gasteiger partial charge in [0.05, 0.1) is 25.4 Å². The van der Waals surface area contributed by atoms with Crippen molar-refractivity contribution in [2.45, 2.75) is 58.7 Å². The highest BCUT2D eigenvalue weighted by atomic mass is 16.5. The Morgan fingerprint density at radius 3 is 2.67 bits per heavy atom. The van der Waals surface area contributed by atoms with Gasteiger partial charge in [0.25, 0.3) is 0 Å². The lowest BCUT2D eigenvalue weighted by molar-refractivity contribution is -0.120. The summed E-state index contributed by atoms with van der Waals surface area (Å²) in [5.74, 6) is 1.00. The van der Waals surface area contributed by atoms with Crippen LogP contribution in [0.4, 0.5) is 0 Å². The average molecular weight is 300 g/mol. The predicted molar refractivity (Wildman–Crippen MR) is 84.1 cm³/mol. The van der Waals surface area contributed by atoms with E-state index < -0.39 is 6.10 Å². The third-order valence-electron chi connectivity index (χ3n) is 3.91. The minimum atomic E-state index is -0.558. The molecule has 0 aromatic carbocycles. The van der Waals surface area contributed by atoms with Crippen molar-refractivity contribution in [1.29, 1.82) is 0 Å². The highest BCUT2D eigenvalue weighted by molar-refractivity contribution is 5.77. The predicted octanol–water partition coefficient (Wildman–Crippen LogP) is 1.30. The molecule has 5 nitrogen and oxygen atoms in total. The van der Waals surface area contributed by atoms with Crippen molar-refractivity contribution in [1.82, 2.24) is 10.6 Å². The first-order chi connectivity index (χ1) is 9.99. The zero-order chi connectivity index (χ0) is 15.7. The van der Waals surface area contributed by atoms with E-state index in [1.54, 1.807) is 0 Å². The van der Waals surface area contributed by atoms with Crippen LogP contribution in [0.3, 0.4) is 0 Å². The van der Waals surface area contributed by atoms with Crippen molar-refractivity contribution in [2.24, 2.45) is 11.8 Å². The second kappa shape index (κ2) is 10.1. The van der Waals surface area contributed by atoms with Crippen LogP contribution in [-0.4, -0.2) is 49.5 Å². The van der Waals surface area contributed by atoms with Crippen LogP contribution in [0.1, 0.15) is 46.5 Å². The number of carbonyl (C=O) groups excluding carboxylic acids is 1. The lowest BCUT2D eigenvalue weighted by atomic mass is 9.88. The number of carbonyl (C=O) groups is 1. The quantitative estimate of drug-likeness (QED) is 0.600. The van der Waals surface area contributed by atoms with Crippen LogP contribution in [0.2, 0.25) is 0 Å². The van der Waals surface area contributed by atoms with Gasteiger partial charge in [-0.1, -0.05) is 33.6 Å². The Kier molecular flexibility index (Phi) is 8.88. The van der Waals surface area contributed by atoms with E-state index in [9.17, 15) is 9.90 Å². The molecule has 0 heterocycles. The normalized spacial score (nSPS) is 24.0. The number of rotatable bonds is 9. The summed E-state index contributed by atoms with van der Waals surface area (Å²) in [6.07, 6.45) is 4.55. The molecule has 0 aromatic rings. The molecule has 3 unspecified atom stereocenters. The average Bonchev–Trinajstić information content (AvgIpc) is 2.44. The smallest absolute Gasteiger partial charge is 0.233 e. The molecule has 5 heteroatoms. The van der Waals surface area contributed by atoms with Gasteiger partial charge >= 0.3 is 0 Å². The van der Waals surface area contributed by atoms with Gasteiger partial charge in [-0.2, -0.15) is 0 Å². The van der Waals surface area contributed by atoms with Gasteiger partial charge < -0.3 is 20.5 Å². The molecule has 0 aromatic heterocycles. The lowest BCUT2D eigenvalue weighted by Gasteiger charge is -2.29. The van der Waals surface area contributed by atoms with E-state index >= 15 is 0 Å². The van der Waals surface area contributed by atoms with Crippen LogP contribution in [-0.2, 0) is 9.53 Å². The van der Waals surface area contributed by atoms with Gasteiger partial charge in [-0.05, 0) is 24.7 Å². The van der Waals surface area contributed by atoms with Crippen LogP contribution < -0.4 is 10.6 Å². The van der Waals surface area contributed by atoms with Crippen molar-refractivity contribution < 1.29 is 14.6 Å². The van der Waals surface area contributed by atoms with Crippen molar-refractivity contribution >= 4 is 5.91 Å². The second-order valence-corrected chi connectivity index (χ2v) is 6.62. The molecule has 21 heavy (non-hydrogen) atoms. The van der Waals surface area contributed by atoms with Gasteiger partial charge in [-0.3, -0.25) is 4.79 Å². The summed E-state index contributed by atoms with van der Waals surface area (Å²) < 4.78 is 5.80. The van der Waals surface area contributed by atoms with E-state index in [0.29, 0.717) is 31.5 Å². The number of aliphatic hydroxyl groups is 1. The third kappa shape index (κ3) is 8.39. The zero-order valence-corrected chi connectivity index (χ0v) is 13.7. The van der Waals surface area contributed by atoms with E-state index in [2.05, 4.69) is 31.4 Å². The molecule has 124 valence electrons. The Morgan fingerprint density at radius 2 is 2.00 bits per heavy atom. The van der Waals surface area contributed by atoms with Crippen LogP contribution in [0.5, 0.6) is 0 Å². The largest absolute Gasteiger partial charge is 0.389 e. The van der Waals surface area contributed by atoms with Crippen LogP contribution >= 0.6 is 0 Å². The van der Waals surface area contributed by atoms with Gasteiger partial charge in [0, 0.05) is 13.1 Å². The molecule has 3 N–H and O–H groups in total. The molecule has 1 fully saturated rings. The third-order valence-corrected chi connectivity index (χ3v) is 3.91. The Balaban J connectivity index is 2.05. The van der Waals surface area contributed by atoms with E-state index in [1.807, 2.05) is 0 Å². The fourth-order valence-electron chi connectivity index (χ4n) is 2.56. The Labute approximate surface area is 128 Å². The molecule has 0 radical (unpaired) electrons. The molecule has 0 saturated heterocycles. The topological polar surface area (TPSA) is 70.6 Å². The van der Waals surface area contributed by atoms with Gasteiger partial charge in [0.2, 0.25) is 5.91 Å². The van der Waals surface area contributed by atoms with Gasteiger partial charge in [-0.25, -0.2) is 0 Å². The molecule has 1 amide bonds. The maximum atomic E-state index is 11.5. The first kappa shape index (κ1) is 18.4. The van der Waals surface area contributed by atoms with Crippen molar-refractivity contribution in [3.8, 4) is 0 Å². The maximum absolute atomic E-state index is 11.5. The zero-order valence-electron chi connectivity index (χ0n) is 13.7. The summed E-state index contributed by atoms with van der Waals surface area (Å²) >= 11 is 0. The summed E-state index contributed by atoms with van der Waals surface area (Å²) in [5.41, 5.74) is 0. The molecular formula is C16H32N2O3. The minimum Gasteiger partial charge on any atom is -0.389 e. The van der Waals surface area contributed by atoms with Crippen LogP contribution in [0.25, 0.3) is 0 Å². The Bertz CT molecular complexity index is 297. The summed E-state index contributed by atoms with van der Waals surface area (Å²) in [6.45, 7) is 7.98. The van der Waals surface area contributed by atoms with E-state index in [1.165, 1.54) is 19.3 Å². The van der Waals surface area contributed by atoms with E-state index in [4.69, 9.17) is 4.74 Å². The first-order valence-electron chi connectivity index (χ1n) is 8.26. The van der Waals surface area contributed by atoms with Gasteiger partial charge in [0.15, 0.2) is 0 Å². The number of ether oxygens (including phenoxy) is 1. The van der Waals surface area contributed by atoms with Gasteiger partial charge in [0.1, 0.15) is 0 Å². The molecule has 1 saturated carbocycles. The standard InChI is InChI=1S/C16H32N2O3/c1-12(2)8-18-16(20)10-17-9-14(19)11-21-15-7-5-4-6-13(15)3/h12-15,17,19H,4-11H2,1-3H3,(H,18,20). The number of hydrogen-bond donors (Lipinski definition) is 3. The molecule has 3 atom stereocenters. The highest BCUT2D eigenvalue weighted by Gasteiger charge is 2.22. The number of amides is 1. The molecule has 1 aliphatic rings. The number of nitrogens with one attached hydrogen (secondary N) is 2. The second-order valence-electron chi connectivity index (χ2n) is 6.62. The van der Waals surface area contributed by atoms with Crippen LogP contribution in [0.15, 0.2) is 0 Å². The Hall–Kier alpha value is -0.650. The van der Waals surface area contributed by atoms with Crippen molar-refractivity contribution in [3.05, 3.63) is 0 Å². The van der Waals surface area contributed by atoms with Gasteiger partial charge in [-0.15, -0.1) is 0 Å². The first-order valence-corrected chi connectivity index (χ1v) is 8.26.